The molecule has 1 N–H and O–H groups in total. The summed E-state index contributed by atoms with van der Waals surface area (Å²) >= 11 is 11.9. The number of anilines is 1. The fourth-order valence-electron chi connectivity index (χ4n) is 4.00. The second-order valence-corrected chi connectivity index (χ2v) is 7.74. The van der Waals surface area contributed by atoms with Crippen molar-refractivity contribution in [3.8, 4) is 0 Å². The maximum absolute atomic E-state index is 12.1. The predicted octanol–water partition coefficient (Wildman–Crippen LogP) is 3.63. The first-order valence-electron chi connectivity index (χ1n) is 8.53. The van der Waals surface area contributed by atoms with Crippen LogP contribution in [0.5, 0.6) is 0 Å². The third kappa shape index (κ3) is 3.07. The van der Waals surface area contributed by atoms with Gasteiger partial charge < -0.3 is 14.8 Å². The van der Waals surface area contributed by atoms with Crippen molar-refractivity contribution in [1.82, 2.24) is 9.47 Å². The Labute approximate surface area is 157 Å². The first kappa shape index (κ1) is 16.6. The molecule has 2 aromatic rings. The zero-order valence-electron chi connectivity index (χ0n) is 14.0. The lowest BCUT2D eigenvalue weighted by molar-refractivity contribution is 0.180. The quantitative estimate of drug-likeness (QED) is 0.774. The van der Waals surface area contributed by atoms with Crippen molar-refractivity contribution in [3.05, 3.63) is 63.0 Å². The fraction of sp³-hybridized carbons (Fsp3) is 0.368. The lowest BCUT2D eigenvalue weighted by atomic mass is 9.83. The zero-order valence-corrected chi connectivity index (χ0v) is 15.6. The molecule has 0 unspecified atom stereocenters. The minimum atomic E-state index is 0.107. The Morgan fingerprint density at radius 2 is 2.00 bits per heavy atom. The summed E-state index contributed by atoms with van der Waals surface area (Å²) < 4.78 is 1.94. The molecular weight excluding hydrogens is 354 g/mol. The second-order valence-electron chi connectivity index (χ2n) is 6.95. The number of hydrogen-bond acceptors (Lipinski definition) is 2. The van der Waals surface area contributed by atoms with E-state index in [4.69, 9.17) is 23.8 Å². The summed E-state index contributed by atoms with van der Waals surface area (Å²) in [6, 6.07) is 11.4. The minimum absolute atomic E-state index is 0.107. The number of pyridine rings is 1. The summed E-state index contributed by atoms with van der Waals surface area (Å²) in [4.78, 5) is 14.4. The Hall–Kier alpha value is -1.85. The average Bonchev–Trinajstić information content (AvgIpc) is 2.60. The molecule has 0 radical (unpaired) electrons. The van der Waals surface area contributed by atoms with Gasteiger partial charge in [-0.25, -0.2) is 0 Å². The highest BCUT2D eigenvalue weighted by Gasteiger charge is 2.35. The molecule has 2 aliphatic rings. The molecule has 1 saturated heterocycles. The van der Waals surface area contributed by atoms with E-state index in [1.54, 1.807) is 6.07 Å². The van der Waals surface area contributed by atoms with Crippen LogP contribution in [0.1, 0.15) is 23.6 Å². The molecule has 0 aliphatic carbocycles. The highest BCUT2D eigenvalue weighted by Crippen LogP contribution is 2.35. The van der Waals surface area contributed by atoms with Crippen molar-refractivity contribution >= 4 is 34.6 Å². The van der Waals surface area contributed by atoms with Crippen LogP contribution in [-0.4, -0.2) is 27.7 Å². The molecule has 0 saturated carbocycles. The molecular formula is C19H20ClN3OS. The molecule has 2 aliphatic heterocycles. The van der Waals surface area contributed by atoms with Crippen LogP contribution in [0, 0.1) is 12.8 Å². The molecule has 1 aromatic carbocycles. The SMILES string of the molecule is Cc1c(Cl)cccc1NC(=S)N1C[C@H]2C[C@@H](C1)c1cccc(=O)n1C2. The highest BCUT2D eigenvalue weighted by molar-refractivity contribution is 7.80. The summed E-state index contributed by atoms with van der Waals surface area (Å²) in [5, 5.41) is 4.81. The molecule has 6 heteroatoms. The topological polar surface area (TPSA) is 37.3 Å². The van der Waals surface area contributed by atoms with Crippen LogP contribution in [0.15, 0.2) is 41.2 Å². The van der Waals surface area contributed by atoms with E-state index in [9.17, 15) is 4.79 Å². The summed E-state index contributed by atoms with van der Waals surface area (Å²) in [5.41, 5.74) is 3.19. The highest BCUT2D eigenvalue weighted by atomic mass is 35.5. The summed E-state index contributed by atoms with van der Waals surface area (Å²) in [6.45, 7) is 4.48. The van der Waals surface area contributed by atoms with Gasteiger partial charge in [-0.15, -0.1) is 0 Å². The molecule has 2 atom stereocenters. The van der Waals surface area contributed by atoms with Gasteiger partial charge in [0.2, 0.25) is 0 Å². The first-order valence-corrected chi connectivity index (χ1v) is 9.32. The molecule has 1 fully saturated rings. The van der Waals surface area contributed by atoms with E-state index in [2.05, 4.69) is 16.3 Å². The van der Waals surface area contributed by atoms with E-state index in [1.165, 1.54) is 0 Å². The molecule has 4 nitrogen and oxygen atoms in total. The summed E-state index contributed by atoms with van der Waals surface area (Å²) in [5.74, 6) is 0.799. The van der Waals surface area contributed by atoms with Gasteiger partial charge in [0.1, 0.15) is 0 Å². The number of hydrogen-bond donors (Lipinski definition) is 1. The smallest absolute Gasteiger partial charge is 0.250 e. The van der Waals surface area contributed by atoms with Crippen molar-refractivity contribution in [2.24, 2.45) is 5.92 Å². The van der Waals surface area contributed by atoms with E-state index >= 15 is 0 Å². The maximum atomic E-state index is 12.1. The van der Waals surface area contributed by atoms with Crippen molar-refractivity contribution in [2.75, 3.05) is 18.4 Å². The van der Waals surface area contributed by atoms with E-state index in [0.717, 1.165) is 53.1 Å². The number of halogens is 1. The Kier molecular flexibility index (Phi) is 4.29. The number of nitrogens with zero attached hydrogens (tertiary/aromatic N) is 2. The van der Waals surface area contributed by atoms with Crippen molar-refractivity contribution in [2.45, 2.75) is 25.8 Å². The number of likely N-dealkylation sites (tertiary alicyclic amines) is 1. The standard InChI is InChI=1S/C19H20ClN3OS/c1-12-15(20)4-2-5-16(12)21-19(25)22-9-13-8-14(11-22)17-6-3-7-18(24)23(17)10-13/h2-7,13-14H,8-11H2,1H3,(H,21,25)/t13-,14+/m1/s1. The van der Waals surface area contributed by atoms with Crippen LogP contribution in [-0.2, 0) is 6.54 Å². The van der Waals surface area contributed by atoms with Gasteiger partial charge in [-0.2, -0.15) is 0 Å². The lowest BCUT2D eigenvalue weighted by Crippen LogP contribution is -2.50. The zero-order chi connectivity index (χ0) is 17.6. The number of fused-ring (bicyclic) bond motifs is 4. The third-order valence-corrected chi connectivity index (χ3v) is 6.05. The number of aromatic nitrogens is 1. The van der Waals surface area contributed by atoms with Crippen LogP contribution in [0.4, 0.5) is 5.69 Å². The first-order chi connectivity index (χ1) is 12.0. The largest absolute Gasteiger partial charge is 0.348 e. The van der Waals surface area contributed by atoms with Crippen molar-refractivity contribution in [1.29, 1.82) is 0 Å². The van der Waals surface area contributed by atoms with Crippen LogP contribution in [0.2, 0.25) is 5.02 Å². The average molecular weight is 374 g/mol. The van der Waals surface area contributed by atoms with Gasteiger partial charge in [0, 0.05) is 48.0 Å². The van der Waals surface area contributed by atoms with Gasteiger partial charge in [-0.1, -0.05) is 23.7 Å². The van der Waals surface area contributed by atoms with Crippen molar-refractivity contribution in [3.63, 3.8) is 0 Å². The minimum Gasteiger partial charge on any atom is -0.348 e. The fourth-order valence-corrected chi connectivity index (χ4v) is 4.43. The molecule has 2 bridgehead atoms. The molecule has 4 rings (SSSR count). The van der Waals surface area contributed by atoms with Gasteiger partial charge in [0.05, 0.1) is 0 Å². The van der Waals surface area contributed by atoms with Gasteiger partial charge in [0.15, 0.2) is 5.11 Å². The Bertz CT molecular complexity index is 894. The molecule has 1 aromatic heterocycles. The van der Waals surface area contributed by atoms with Crippen LogP contribution in [0.3, 0.4) is 0 Å². The van der Waals surface area contributed by atoms with E-state index in [-0.39, 0.29) is 5.56 Å². The van der Waals surface area contributed by atoms with Gasteiger partial charge in [-0.05, 0) is 55.2 Å². The maximum Gasteiger partial charge on any atom is 0.250 e. The predicted molar refractivity (Wildman–Crippen MR) is 106 cm³/mol. The van der Waals surface area contributed by atoms with E-state index in [0.29, 0.717) is 11.8 Å². The number of thiocarbonyl (C=S) groups is 1. The molecule has 3 heterocycles. The second kappa shape index (κ2) is 6.46. The third-order valence-electron chi connectivity index (χ3n) is 5.28. The lowest BCUT2D eigenvalue weighted by Gasteiger charge is -2.43. The van der Waals surface area contributed by atoms with Crippen LogP contribution >= 0.6 is 23.8 Å². The van der Waals surface area contributed by atoms with Gasteiger partial charge >= 0.3 is 0 Å². The summed E-state index contributed by atoms with van der Waals surface area (Å²) in [7, 11) is 0. The molecule has 130 valence electrons. The molecule has 25 heavy (non-hydrogen) atoms. The van der Waals surface area contributed by atoms with Gasteiger partial charge in [0.25, 0.3) is 5.56 Å². The normalized spacial score (nSPS) is 21.6. The number of nitrogens with one attached hydrogen (secondary N) is 1. The van der Waals surface area contributed by atoms with E-state index < -0.39 is 0 Å². The van der Waals surface area contributed by atoms with Crippen LogP contribution in [0.25, 0.3) is 0 Å². The molecule has 0 amide bonds. The summed E-state index contributed by atoms with van der Waals surface area (Å²) in [6.07, 6.45) is 1.12. The van der Waals surface area contributed by atoms with Crippen LogP contribution < -0.4 is 10.9 Å². The Balaban J connectivity index is 1.55. The monoisotopic (exact) mass is 373 g/mol. The molecule has 0 spiro atoms. The number of benzene rings is 1. The number of piperidine rings is 1. The van der Waals surface area contributed by atoms with Gasteiger partial charge in [-0.3, -0.25) is 4.79 Å². The van der Waals surface area contributed by atoms with Crippen molar-refractivity contribution < 1.29 is 0 Å². The van der Waals surface area contributed by atoms with E-state index in [1.807, 2.05) is 35.8 Å². The Morgan fingerprint density at radius 1 is 1.20 bits per heavy atom. The number of rotatable bonds is 1. The Morgan fingerprint density at radius 3 is 2.84 bits per heavy atom.